The fraction of sp³-hybridized carbons (Fsp3) is 0.421. The second kappa shape index (κ2) is 7.53. The van der Waals surface area contributed by atoms with Crippen LogP contribution in [0, 0.1) is 0 Å². The molecule has 1 aromatic heterocycles. The SMILES string of the molecule is CN(Cc1ccco1)Cc1ccccc1CN=C(N)N(C)C1CC1. The first-order valence-corrected chi connectivity index (χ1v) is 8.44. The van der Waals surface area contributed by atoms with E-state index in [0.29, 0.717) is 18.5 Å². The molecule has 5 nitrogen and oxygen atoms in total. The molecule has 0 bridgehead atoms. The number of aliphatic imine (C=N–C) groups is 1. The van der Waals surface area contributed by atoms with E-state index in [2.05, 4.69) is 46.1 Å². The summed E-state index contributed by atoms with van der Waals surface area (Å²) in [7, 11) is 4.12. The van der Waals surface area contributed by atoms with Crippen molar-refractivity contribution in [3.63, 3.8) is 0 Å². The highest BCUT2D eigenvalue weighted by Gasteiger charge is 2.27. The van der Waals surface area contributed by atoms with E-state index < -0.39 is 0 Å². The van der Waals surface area contributed by atoms with Crippen LogP contribution in [0.2, 0.25) is 0 Å². The molecule has 0 aliphatic heterocycles. The zero-order valence-corrected chi connectivity index (χ0v) is 14.5. The normalized spacial score (nSPS) is 15.0. The topological polar surface area (TPSA) is 58.0 Å². The number of nitrogens with two attached hydrogens (primary N) is 1. The first-order valence-electron chi connectivity index (χ1n) is 8.44. The molecule has 24 heavy (non-hydrogen) atoms. The maximum atomic E-state index is 6.10. The van der Waals surface area contributed by atoms with Crippen molar-refractivity contribution >= 4 is 5.96 Å². The third kappa shape index (κ3) is 4.38. The third-order valence-corrected chi connectivity index (χ3v) is 4.43. The largest absolute Gasteiger partial charge is 0.468 e. The van der Waals surface area contributed by atoms with Gasteiger partial charge in [-0.25, -0.2) is 4.99 Å². The Morgan fingerprint density at radius 2 is 1.88 bits per heavy atom. The summed E-state index contributed by atoms with van der Waals surface area (Å²) in [6.45, 7) is 2.26. The highest BCUT2D eigenvalue weighted by atomic mass is 16.3. The number of hydrogen-bond donors (Lipinski definition) is 1. The van der Waals surface area contributed by atoms with Crippen molar-refractivity contribution in [2.45, 2.75) is 38.5 Å². The molecule has 1 saturated carbocycles. The Labute approximate surface area is 143 Å². The lowest BCUT2D eigenvalue weighted by Crippen LogP contribution is -2.35. The Bertz CT molecular complexity index is 676. The third-order valence-electron chi connectivity index (χ3n) is 4.43. The van der Waals surface area contributed by atoms with Crippen LogP contribution >= 0.6 is 0 Å². The first-order chi connectivity index (χ1) is 11.6. The quantitative estimate of drug-likeness (QED) is 0.628. The van der Waals surface area contributed by atoms with Crippen molar-refractivity contribution in [1.29, 1.82) is 0 Å². The van der Waals surface area contributed by atoms with Crippen LogP contribution in [0.15, 0.2) is 52.1 Å². The standard InChI is InChI=1S/C19H26N4O/c1-22(14-18-8-5-11-24-18)13-16-7-4-3-6-15(16)12-21-19(20)23(2)17-9-10-17/h3-8,11,17H,9-10,12-14H2,1-2H3,(H2,20,21). The second-order valence-electron chi connectivity index (χ2n) is 6.54. The van der Waals surface area contributed by atoms with Crippen molar-refractivity contribution in [1.82, 2.24) is 9.80 Å². The summed E-state index contributed by atoms with van der Waals surface area (Å²) in [4.78, 5) is 8.91. The van der Waals surface area contributed by atoms with Crippen molar-refractivity contribution in [3.8, 4) is 0 Å². The fourth-order valence-electron chi connectivity index (χ4n) is 2.81. The molecule has 2 N–H and O–H groups in total. The van der Waals surface area contributed by atoms with Gasteiger partial charge in [-0.1, -0.05) is 24.3 Å². The van der Waals surface area contributed by atoms with Gasteiger partial charge in [-0.3, -0.25) is 4.90 Å². The molecule has 1 aliphatic carbocycles. The fourth-order valence-corrected chi connectivity index (χ4v) is 2.81. The van der Waals surface area contributed by atoms with Gasteiger partial charge in [-0.05, 0) is 43.1 Å². The lowest BCUT2D eigenvalue weighted by molar-refractivity contribution is 0.287. The number of guanidine groups is 1. The lowest BCUT2D eigenvalue weighted by Gasteiger charge is -2.19. The van der Waals surface area contributed by atoms with Gasteiger partial charge in [0.15, 0.2) is 5.96 Å². The van der Waals surface area contributed by atoms with Crippen LogP contribution in [0.1, 0.15) is 29.7 Å². The summed E-state index contributed by atoms with van der Waals surface area (Å²) < 4.78 is 5.42. The molecule has 1 fully saturated rings. The summed E-state index contributed by atoms with van der Waals surface area (Å²) in [5.41, 5.74) is 8.59. The summed E-state index contributed by atoms with van der Waals surface area (Å²) in [5.74, 6) is 1.61. The number of rotatable bonds is 7. The van der Waals surface area contributed by atoms with Gasteiger partial charge in [0.05, 0.1) is 19.4 Å². The van der Waals surface area contributed by atoms with Crippen molar-refractivity contribution in [2.24, 2.45) is 10.7 Å². The molecule has 1 aromatic carbocycles. The Morgan fingerprint density at radius 1 is 1.12 bits per heavy atom. The van der Waals surface area contributed by atoms with E-state index in [1.165, 1.54) is 24.0 Å². The van der Waals surface area contributed by atoms with Gasteiger partial charge in [0.2, 0.25) is 0 Å². The van der Waals surface area contributed by atoms with E-state index in [9.17, 15) is 0 Å². The van der Waals surface area contributed by atoms with E-state index in [1.54, 1.807) is 6.26 Å². The van der Waals surface area contributed by atoms with Crippen LogP contribution in [0.25, 0.3) is 0 Å². The van der Waals surface area contributed by atoms with E-state index >= 15 is 0 Å². The molecule has 1 aliphatic rings. The highest BCUT2D eigenvalue weighted by molar-refractivity contribution is 5.78. The number of furan rings is 1. The second-order valence-corrected chi connectivity index (χ2v) is 6.54. The molecule has 1 heterocycles. The van der Waals surface area contributed by atoms with Crippen LogP contribution in [0.3, 0.4) is 0 Å². The number of hydrogen-bond acceptors (Lipinski definition) is 3. The summed E-state index contributed by atoms with van der Waals surface area (Å²) in [6.07, 6.45) is 4.16. The van der Waals surface area contributed by atoms with E-state index in [4.69, 9.17) is 10.2 Å². The maximum Gasteiger partial charge on any atom is 0.191 e. The zero-order valence-electron chi connectivity index (χ0n) is 14.5. The Balaban J connectivity index is 1.62. The van der Waals surface area contributed by atoms with Crippen LogP contribution in [0.4, 0.5) is 0 Å². The van der Waals surface area contributed by atoms with E-state index in [1.807, 2.05) is 19.2 Å². The summed E-state index contributed by atoms with van der Waals surface area (Å²) in [5, 5.41) is 0. The van der Waals surface area contributed by atoms with Gasteiger partial charge in [-0.15, -0.1) is 0 Å². The molecule has 0 saturated heterocycles. The van der Waals surface area contributed by atoms with Crippen LogP contribution < -0.4 is 5.73 Å². The molecule has 2 aromatic rings. The molecule has 0 unspecified atom stereocenters. The summed E-state index contributed by atoms with van der Waals surface area (Å²) in [6, 6.07) is 12.9. The number of benzene rings is 1. The molecule has 5 heteroatoms. The molecular formula is C19H26N4O. The van der Waals surface area contributed by atoms with Crippen molar-refractivity contribution in [3.05, 3.63) is 59.5 Å². The van der Waals surface area contributed by atoms with Crippen molar-refractivity contribution in [2.75, 3.05) is 14.1 Å². The van der Waals surface area contributed by atoms with Crippen molar-refractivity contribution < 1.29 is 4.42 Å². The molecule has 0 atom stereocenters. The average molecular weight is 326 g/mol. The zero-order chi connectivity index (χ0) is 16.9. The Kier molecular flexibility index (Phi) is 5.20. The van der Waals surface area contributed by atoms with Gasteiger partial charge in [0.1, 0.15) is 5.76 Å². The van der Waals surface area contributed by atoms with Gasteiger partial charge < -0.3 is 15.1 Å². The summed E-state index contributed by atoms with van der Waals surface area (Å²) >= 11 is 0. The van der Waals surface area contributed by atoms with Crippen LogP contribution in [0.5, 0.6) is 0 Å². The Hall–Kier alpha value is -2.27. The first kappa shape index (κ1) is 16.6. The smallest absolute Gasteiger partial charge is 0.191 e. The molecular weight excluding hydrogens is 300 g/mol. The highest BCUT2D eigenvalue weighted by Crippen LogP contribution is 2.25. The lowest BCUT2D eigenvalue weighted by atomic mass is 10.1. The monoisotopic (exact) mass is 326 g/mol. The van der Waals surface area contributed by atoms with Crippen LogP contribution in [-0.4, -0.2) is 35.9 Å². The minimum Gasteiger partial charge on any atom is -0.468 e. The molecule has 0 radical (unpaired) electrons. The number of nitrogens with zero attached hydrogens (tertiary/aromatic N) is 3. The molecule has 0 amide bonds. The molecule has 128 valence electrons. The molecule has 0 spiro atoms. The predicted octanol–water partition coefficient (Wildman–Crippen LogP) is 2.82. The minimum absolute atomic E-state index is 0.587. The van der Waals surface area contributed by atoms with E-state index in [0.717, 1.165) is 18.8 Å². The average Bonchev–Trinajstić information content (AvgIpc) is 3.31. The van der Waals surface area contributed by atoms with Gasteiger partial charge in [0.25, 0.3) is 0 Å². The van der Waals surface area contributed by atoms with Crippen LogP contribution in [-0.2, 0) is 19.6 Å². The minimum atomic E-state index is 0.587. The van der Waals surface area contributed by atoms with Gasteiger partial charge in [0, 0.05) is 19.6 Å². The predicted molar refractivity (Wildman–Crippen MR) is 96.4 cm³/mol. The molecule has 3 rings (SSSR count). The van der Waals surface area contributed by atoms with Gasteiger partial charge in [-0.2, -0.15) is 0 Å². The van der Waals surface area contributed by atoms with Gasteiger partial charge >= 0.3 is 0 Å². The van der Waals surface area contributed by atoms with E-state index in [-0.39, 0.29) is 0 Å². The maximum absolute atomic E-state index is 6.10. The Morgan fingerprint density at radius 3 is 2.54 bits per heavy atom.